The monoisotopic (exact) mass is 471 g/mol. The highest BCUT2D eigenvalue weighted by Crippen LogP contribution is 2.37. The van der Waals surface area contributed by atoms with Gasteiger partial charge < -0.3 is 10.1 Å². The van der Waals surface area contributed by atoms with Gasteiger partial charge in [-0.2, -0.15) is 18.4 Å². The lowest BCUT2D eigenvalue weighted by atomic mass is 10.1. The van der Waals surface area contributed by atoms with Gasteiger partial charge in [-0.3, -0.25) is 14.9 Å². The summed E-state index contributed by atoms with van der Waals surface area (Å²) in [4.78, 5) is 22.5. The summed E-state index contributed by atoms with van der Waals surface area (Å²) in [5.41, 5.74) is -1.61. The Labute approximate surface area is 189 Å². The van der Waals surface area contributed by atoms with Gasteiger partial charge >= 0.3 is 11.9 Å². The largest absolute Gasteiger partial charge is 0.450 e. The van der Waals surface area contributed by atoms with Gasteiger partial charge in [0.25, 0.3) is 5.91 Å². The Balaban J connectivity index is 1.77. The number of nitro benzene ring substituents is 1. The van der Waals surface area contributed by atoms with Gasteiger partial charge in [0, 0.05) is 11.8 Å². The standard InChI is InChI=1S/C23H13F4N3O4/c24-17-4-6-18(7-5-17)29-22(31)15(13-28)11-14-1-8-19(9-2-14)34-21-10-3-16(23(25,26)27)12-20(21)30(32)33/h1-12H,(H,29,31). The quantitative estimate of drug-likeness (QED) is 0.154. The Morgan fingerprint density at radius 2 is 1.71 bits per heavy atom. The predicted octanol–water partition coefficient (Wildman–Crippen LogP) is 6.09. The number of nitro groups is 1. The number of halogens is 4. The number of benzene rings is 3. The van der Waals surface area contributed by atoms with Crippen LogP contribution in [0.2, 0.25) is 0 Å². The normalized spacial score (nSPS) is 11.4. The minimum Gasteiger partial charge on any atom is -0.450 e. The molecule has 0 spiro atoms. The van der Waals surface area contributed by atoms with Crippen molar-refractivity contribution in [2.24, 2.45) is 0 Å². The van der Waals surface area contributed by atoms with E-state index in [2.05, 4.69) is 5.32 Å². The fraction of sp³-hybridized carbons (Fsp3) is 0.0435. The Bertz CT molecular complexity index is 1300. The zero-order chi connectivity index (χ0) is 24.9. The first-order valence-corrected chi connectivity index (χ1v) is 9.39. The van der Waals surface area contributed by atoms with E-state index in [4.69, 9.17) is 4.74 Å². The Morgan fingerprint density at radius 1 is 1.06 bits per heavy atom. The van der Waals surface area contributed by atoms with Crippen molar-refractivity contribution in [1.82, 2.24) is 0 Å². The molecular weight excluding hydrogens is 458 g/mol. The van der Waals surface area contributed by atoms with Gasteiger partial charge in [-0.1, -0.05) is 12.1 Å². The van der Waals surface area contributed by atoms with E-state index in [1.165, 1.54) is 42.5 Å². The van der Waals surface area contributed by atoms with Gasteiger partial charge in [-0.15, -0.1) is 0 Å². The molecule has 1 N–H and O–H groups in total. The maximum absolute atomic E-state index is 13.0. The molecule has 172 valence electrons. The fourth-order valence-corrected chi connectivity index (χ4v) is 2.73. The number of amides is 1. The second kappa shape index (κ2) is 9.83. The van der Waals surface area contributed by atoms with E-state index in [0.717, 1.165) is 18.2 Å². The molecule has 7 nitrogen and oxygen atoms in total. The van der Waals surface area contributed by atoms with Crippen LogP contribution in [-0.2, 0) is 11.0 Å². The van der Waals surface area contributed by atoms with Crippen LogP contribution in [0, 0.1) is 27.3 Å². The molecule has 0 saturated carbocycles. The molecule has 0 unspecified atom stereocenters. The van der Waals surface area contributed by atoms with E-state index in [1.807, 2.05) is 0 Å². The number of nitriles is 1. The Morgan fingerprint density at radius 3 is 2.26 bits per heavy atom. The van der Waals surface area contributed by atoms with Crippen LogP contribution in [0.25, 0.3) is 6.08 Å². The van der Waals surface area contributed by atoms with E-state index in [1.54, 1.807) is 6.07 Å². The number of ether oxygens (including phenoxy) is 1. The molecule has 0 aliphatic carbocycles. The summed E-state index contributed by atoms with van der Waals surface area (Å²) in [6.07, 6.45) is -3.48. The van der Waals surface area contributed by atoms with Crippen molar-refractivity contribution in [3.63, 3.8) is 0 Å². The van der Waals surface area contributed by atoms with E-state index in [0.29, 0.717) is 17.7 Å². The summed E-state index contributed by atoms with van der Waals surface area (Å²) >= 11 is 0. The lowest BCUT2D eigenvalue weighted by Gasteiger charge is -2.10. The smallest absolute Gasteiger partial charge is 0.416 e. The van der Waals surface area contributed by atoms with Crippen molar-refractivity contribution in [2.75, 3.05) is 5.32 Å². The lowest BCUT2D eigenvalue weighted by Crippen LogP contribution is -2.13. The molecule has 0 fully saturated rings. The molecule has 0 radical (unpaired) electrons. The van der Waals surface area contributed by atoms with Crippen LogP contribution < -0.4 is 10.1 Å². The van der Waals surface area contributed by atoms with Crippen molar-refractivity contribution < 1.29 is 32.0 Å². The molecule has 3 rings (SSSR count). The van der Waals surface area contributed by atoms with Crippen LogP contribution >= 0.6 is 0 Å². The maximum atomic E-state index is 13.0. The van der Waals surface area contributed by atoms with Crippen LogP contribution in [0.3, 0.4) is 0 Å². The zero-order valence-electron chi connectivity index (χ0n) is 17.0. The number of hydrogen-bond donors (Lipinski definition) is 1. The van der Waals surface area contributed by atoms with Crippen LogP contribution in [0.4, 0.5) is 28.9 Å². The molecule has 0 aromatic heterocycles. The van der Waals surface area contributed by atoms with Crippen molar-refractivity contribution in [3.05, 3.63) is 99.4 Å². The number of rotatable bonds is 6. The molecule has 0 bridgehead atoms. The van der Waals surface area contributed by atoms with Crippen LogP contribution in [0.1, 0.15) is 11.1 Å². The van der Waals surface area contributed by atoms with Crippen molar-refractivity contribution >= 4 is 23.4 Å². The second-order valence-electron chi connectivity index (χ2n) is 6.74. The molecule has 1 amide bonds. The van der Waals surface area contributed by atoms with E-state index >= 15 is 0 Å². The van der Waals surface area contributed by atoms with Gasteiger partial charge in [0.2, 0.25) is 5.75 Å². The topological polar surface area (TPSA) is 105 Å². The molecule has 0 aliphatic rings. The zero-order valence-corrected chi connectivity index (χ0v) is 17.0. The Kier molecular flexibility index (Phi) is 6.92. The minimum absolute atomic E-state index is 0.0780. The number of nitrogens with one attached hydrogen (secondary N) is 1. The number of hydrogen-bond acceptors (Lipinski definition) is 5. The third kappa shape index (κ3) is 5.95. The molecular formula is C23H13F4N3O4. The highest BCUT2D eigenvalue weighted by molar-refractivity contribution is 6.09. The minimum atomic E-state index is -4.75. The number of alkyl halides is 3. The summed E-state index contributed by atoms with van der Waals surface area (Å²) in [6.45, 7) is 0. The Hall–Kier alpha value is -4.72. The van der Waals surface area contributed by atoms with Gasteiger partial charge in [0.15, 0.2) is 0 Å². The second-order valence-corrected chi connectivity index (χ2v) is 6.74. The van der Waals surface area contributed by atoms with Gasteiger partial charge in [0.05, 0.1) is 10.5 Å². The summed E-state index contributed by atoms with van der Waals surface area (Å²) in [5.74, 6) is -1.53. The number of nitrogens with zero attached hydrogens (tertiary/aromatic N) is 2. The molecule has 3 aromatic rings. The van der Waals surface area contributed by atoms with E-state index < -0.39 is 39.8 Å². The van der Waals surface area contributed by atoms with Crippen LogP contribution in [0.5, 0.6) is 11.5 Å². The highest BCUT2D eigenvalue weighted by Gasteiger charge is 2.33. The first kappa shape index (κ1) is 23.9. The fourth-order valence-electron chi connectivity index (χ4n) is 2.73. The molecule has 34 heavy (non-hydrogen) atoms. The average molecular weight is 471 g/mol. The number of carbonyl (C=O) groups is 1. The lowest BCUT2D eigenvalue weighted by molar-refractivity contribution is -0.385. The third-order valence-corrected chi connectivity index (χ3v) is 4.37. The maximum Gasteiger partial charge on any atom is 0.416 e. The van der Waals surface area contributed by atoms with Crippen molar-refractivity contribution in [2.45, 2.75) is 6.18 Å². The summed E-state index contributed by atoms with van der Waals surface area (Å²) in [5, 5.41) is 22.9. The van der Waals surface area contributed by atoms with Gasteiger partial charge in [-0.05, 0) is 60.2 Å². The summed E-state index contributed by atoms with van der Waals surface area (Å²) < 4.78 is 56.8. The summed E-state index contributed by atoms with van der Waals surface area (Å²) in [7, 11) is 0. The number of anilines is 1. The molecule has 11 heteroatoms. The molecule has 3 aromatic carbocycles. The molecule has 0 atom stereocenters. The molecule has 0 aliphatic heterocycles. The summed E-state index contributed by atoms with van der Waals surface area (Å²) in [6, 6.07) is 14.2. The van der Waals surface area contributed by atoms with Gasteiger partial charge in [-0.25, -0.2) is 4.39 Å². The average Bonchev–Trinajstić information content (AvgIpc) is 2.79. The van der Waals surface area contributed by atoms with E-state index in [-0.39, 0.29) is 17.0 Å². The number of carbonyl (C=O) groups excluding carboxylic acids is 1. The predicted molar refractivity (Wildman–Crippen MR) is 113 cm³/mol. The van der Waals surface area contributed by atoms with Crippen molar-refractivity contribution in [3.8, 4) is 17.6 Å². The first-order chi connectivity index (χ1) is 16.1. The molecule has 0 saturated heterocycles. The van der Waals surface area contributed by atoms with Gasteiger partial charge in [0.1, 0.15) is 23.2 Å². The van der Waals surface area contributed by atoms with Crippen LogP contribution in [-0.4, -0.2) is 10.8 Å². The highest BCUT2D eigenvalue weighted by atomic mass is 19.4. The SMILES string of the molecule is N#CC(=Cc1ccc(Oc2ccc(C(F)(F)F)cc2[N+](=O)[O-])cc1)C(=O)Nc1ccc(F)cc1. The third-order valence-electron chi connectivity index (χ3n) is 4.37. The first-order valence-electron chi connectivity index (χ1n) is 9.39. The van der Waals surface area contributed by atoms with E-state index in [9.17, 15) is 37.7 Å². The van der Waals surface area contributed by atoms with Crippen LogP contribution in [0.15, 0.2) is 72.3 Å². The van der Waals surface area contributed by atoms with Crippen molar-refractivity contribution in [1.29, 1.82) is 5.26 Å². The molecule has 0 heterocycles.